The lowest BCUT2D eigenvalue weighted by Crippen LogP contribution is -2.42. The molecular formula is C17H21ClN2O3S. The predicted molar refractivity (Wildman–Crippen MR) is 102 cm³/mol. The number of thioether (sulfide) groups is 1. The molecule has 24 heavy (non-hydrogen) atoms. The van der Waals surface area contributed by atoms with Gasteiger partial charge in [-0.25, -0.2) is 4.79 Å². The molecule has 0 unspecified atom stereocenters. The summed E-state index contributed by atoms with van der Waals surface area (Å²) in [6.07, 6.45) is 2.47. The predicted octanol–water partition coefficient (Wildman–Crippen LogP) is 2.87. The van der Waals surface area contributed by atoms with E-state index in [-0.39, 0.29) is 18.3 Å². The normalized spacial score (nSPS) is 11.4. The van der Waals surface area contributed by atoms with E-state index in [2.05, 4.69) is 5.32 Å². The van der Waals surface area contributed by atoms with Crippen molar-refractivity contribution in [2.75, 3.05) is 24.9 Å². The van der Waals surface area contributed by atoms with Crippen LogP contribution in [0.4, 0.5) is 5.69 Å². The molecule has 0 bridgehead atoms. The van der Waals surface area contributed by atoms with Gasteiger partial charge in [-0.1, -0.05) is 24.3 Å². The second-order valence-electron chi connectivity index (χ2n) is 5.08. The van der Waals surface area contributed by atoms with Gasteiger partial charge >= 0.3 is 5.97 Å². The molecule has 130 valence electrons. The highest BCUT2D eigenvalue weighted by Crippen LogP contribution is 2.24. The molecular weight excluding hydrogens is 348 g/mol. The summed E-state index contributed by atoms with van der Waals surface area (Å²) in [4.78, 5) is 24.4. The first-order valence-electron chi connectivity index (χ1n) is 7.23. The van der Waals surface area contributed by atoms with E-state index in [4.69, 9.17) is 10.5 Å². The van der Waals surface area contributed by atoms with Crippen LogP contribution in [0, 0.1) is 0 Å². The highest BCUT2D eigenvalue weighted by molar-refractivity contribution is 7.98. The van der Waals surface area contributed by atoms with Gasteiger partial charge in [-0.2, -0.15) is 11.8 Å². The molecule has 1 amide bonds. The number of anilines is 1. The van der Waals surface area contributed by atoms with Gasteiger partial charge in [0.05, 0.1) is 7.11 Å². The highest BCUT2D eigenvalue weighted by Gasteiger charge is 2.22. The van der Waals surface area contributed by atoms with Crippen molar-refractivity contribution in [1.29, 1.82) is 0 Å². The average Bonchev–Trinajstić information content (AvgIpc) is 2.58. The number of nitrogen functional groups attached to an aromatic ring is 1. The summed E-state index contributed by atoms with van der Waals surface area (Å²) in [6, 6.07) is 10.2. The van der Waals surface area contributed by atoms with E-state index < -0.39 is 12.0 Å². The summed E-state index contributed by atoms with van der Waals surface area (Å²) in [5.41, 5.74) is 7.06. The minimum absolute atomic E-state index is 0. The average molecular weight is 369 g/mol. The molecule has 7 heteroatoms. The first-order valence-corrected chi connectivity index (χ1v) is 8.62. The zero-order valence-electron chi connectivity index (χ0n) is 13.6. The maximum Gasteiger partial charge on any atom is 0.328 e. The van der Waals surface area contributed by atoms with E-state index in [0.717, 1.165) is 16.5 Å². The van der Waals surface area contributed by atoms with Gasteiger partial charge in [-0.05, 0) is 35.9 Å². The number of carbonyl (C=O) groups is 2. The van der Waals surface area contributed by atoms with Gasteiger partial charge in [0, 0.05) is 16.6 Å². The third-order valence-electron chi connectivity index (χ3n) is 3.60. The lowest BCUT2D eigenvalue weighted by Gasteiger charge is -2.17. The lowest BCUT2D eigenvalue weighted by molar-refractivity contribution is -0.142. The molecule has 2 rings (SSSR count). The molecule has 0 fully saturated rings. The van der Waals surface area contributed by atoms with Crippen LogP contribution in [0.5, 0.6) is 0 Å². The van der Waals surface area contributed by atoms with Gasteiger partial charge in [-0.15, -0.1) is 12.4 Å². The van der Waals surface area contributed by atoms with Crippen LogP contribution in [0.1, 0.15) is 16.8 Å². The summed E-state index contributed by atoms with van der Waals surface area (Å²) in [5.74, 6) is 0.00701. The van der Waals surface area contributed by atoms with Crippen LogP contribution in [-0.2, 0) is 9.53 Å². The Balaban J connectivity index is 0.00000288. The zero-order chi connectivity index (χ0) is 16.8. The summed E-state index contributed by atoms with van der Waals surface area (Å²) >= 11 is 1.61. The molecule has 0 aliphatic heterocycles. The Bertz CT molecular complexity index is 724. The highest BCUT2D eigenvalue weighted by atomic mass is 35.5. The molecule has 0 saturated heterocycles. The fourth-order valence-electron chi connectivity index (χ4n) is 2.38. The van der Waals surface area contributed by atoms with Crippen molar-refractivity contribution >= 4 is 52.5 Å². The second-order valence-corrected chi connectivity index (χ2v) is 6.06. The van der Waals surface area contributed by atoms with E-state index in [0.29, 0.717) is 17.7 Å². The number of esters is 1. The maximum atomic E-state index is 12.6. The van der Waals surface area contributed by atoms with E-state index in [9.17, 15) is 9.59 Å². The molecule has 1 atom stereocenters. The molecule has 0 heterocycles. The molecule has 3 N–H and O–H groups in total. The fourth-order valence-corrected chi connectivity index (χ4v) is 2.85. The standard InChI is InChI=1S/C17H20N2O3S.ClH/c1-22-17(21)15(9-10-23-2)19-16(20)13-7-8-14(18)12-6-4-3-5-11(12)13;/h3-8,15H,9-10,18H2,1-2H3,(H,19,20);1H/t15-;/m0./s1. The number of carbonyl (C=O) groups excluding carboxylic acids is 2. The molecule has 0 aliphatic carbocycles. The number of methoxy groups -OCH3 is 1. The van der Waals surface area contributed by atoms with Gasteiger partial charge in [0.1, 0.15) is 6.04 Å². The third-order valence-corrected chi connectivity index (χ3v) is 4.25. The van der Waals surface area contributed by atoms with Crippen molar-refractivity contribution in [3.63, 3.8) is 0 Å². The van der Waals surface area contributed by atoms with Crippen molar-refractivity contribution in [3.8, 4) is 0 Å². The molecule has 5 nitrogen and oxygen atoms in total. The number of halogens is 1. The smallest absolute Gasteiger partial charge is 0.328 e. The number of rotatable bonds is 6. The molecule has 0 saturated carbocycles. The topological polar surface area (TPSA) is 81.4 Å². The number of hydrogen-bond acceptors (Lipinski definition) is 5. The van der Waals surface area contributed by atoms with Gasteiger partial charge in [0.25, 0.3) is 5.91 Å². The van der Waals surface area contributed by atoms with Gasteiger partial charge in [0.2, 0.25) is 0 Å². The third kappa shape index (κ3) is 4.55. The Morgan fingerprint density at radius 3 is 2.50 bits per heavy atom. The quantitative estimate of drug-likeness (QED) is 0.605. The van der Waals surface area contributed by atoms with Crippen LogP contribution < -0.4 is 11.1 Å². The number of hydrogen-bond donors (Lipinski definition) is 2. The van der Waals surface area contributed by atoms with Crippen molar-refractivity contribution in [1.82, 2.24) is 5.32 Å². The molecule has 2 aromatic rings. The molecule has 0 aliphatic rings. The number of nitrogens with two attached hydrogens (primary N) is 1. The monoisotopic (exact) mass is 368 g/mol. The minimum Gasteiger partial charge on any atom is -0.467 e. The molecule has 0 spiro atoms. The summed E-state index contributed by atoms with van der Waals surface area (Å²) < 4.78 is 4.77. The Hall–Kier alpha value is -1.92. The van der Waals surface area contributed by atoms with Crippen LogP contribution in [0.15, 0.2) is 36.4 Å². The fraction of sp³-hybridized carbons (Fsp3) is 0.294. The summed E-state index contributed by atoms with van der Waals surface area (Å²) in [7, 11) is 1.32. The molecule has 0 radical (unpaired) electrons. The Kier molecular flexibility index (Phi) is 7.88. The maximum absolute atomic E-state index is 12.6. The van der Waals surface area contributed by atoms with E-state index >= 15 is 0 Å². The van der Waals surface area contributed by atoms with E-state index in [1.165, 1.54) is 7.11 Å². The van der Waals surface area contributed by atoms with Crippen molar-refractivity contribution in [2.24, 2.45) is 0 Å². The number of benzene rings is 2. The largest absolute Gasteiger partial charge is 0.467 e. The number of amides is 1. The van der Waals surface area contributed by atoms with E-state index in [1.54, 1.807) is 23.9 Å². The minimum atomic E-state index is -0.656. The molecule has 0 aromatic heterocycles. The lowest BCUT2D eigenvalue weighted by atomic mass is 10.0. The van der Waals surface area contributed by atoms with Crippen LogP contribution in [-0.4, -0.2) is 37.0 Å². The Labute approximate surface area is 151 Å². The first kappa shape index (κ1) is 20.1. The summed E-state index contributed by atoms with van der Waals surface area (Å²) in [5, 5.41) is 4.34. The second kappa shape index (κ2) is 9.39. The van der Waals surface area contributed by atoms with Crippen LogP contribution in [0.25, 0.3) is 10.8 Å². The van der Waals surface area contributed by atoms with Crippen molar-refractivity contribution < 1.29 is 14.3 Å². The van der Waals surface area contributed by atoms with Gasteiger partial charge < -0.3 is 15.8 Å². The van der Waals surface area contributed by atoms with Crippen LogP contribution in [0.3, 0.4) is 0 Å². The summed E-state index contributed by atoms with van der Waals surface area (Å²) in [6.45, 7) is 0. The SMILES string of the molecule is COC(=O)[C@H](CCSC)NC(=O)c1ccc(N)c2ccccc12.Cl. The van der Waals surface area contributed by atoms with Crippen molar-refractivity contribution in [3.05, 3.63) is 42.0 Å². The number of nitrogens with one attached hydrogen (secondary N) is 1. The number of fused-ring (bicyclic) bond motifs is 1. The number of ether oxygens (including phenoxy) is 1. The Morgan fingerprint density at radius 1 is 1.21 bits per heavy atom. The van der Waals surface area contributed by atoms with Crippen LogP contribution >= 0.6 is 24.2 Å². The Morgan fingerprint density at radius 2 is 1.88 bits per heavy atom. The van der Waals surface area contributed by atoms with Gasteiger partial charge in [0.15, 0.2) is 0 Å². The van der Waals surface area contributed by atoms with E-state index in [1.807, 2.05) is 30.5 Å². The van der Waals surface area contributed by atoms with Gasteiger partial charge in [-0.3, -0.25) is 4.79 Å². The zero-order valence-corrected chi connectivity index (χ0v) is 15.2. The molecule has 2 aromatic carbocycles. The van der Waals surface area contributed by atoms with Crippen LogP contribution in [0.2, 0.25) is 0 Å². The first-order chi connectivity index (χ1) is 11.1. The van der Waals surface area contributed by atoms with Crippen molar-refractivity contribution in [2.45, 2.75) is 12.5 Å².